The maximum absolute atomic E-state index is 12.1. The summed E-state index contributed by atoms with van der Waals surface area (Å²) in [6.45, 7) is 11.1. The van der Waals surface area contributed by atoms with E-state index < -0.39 is 5.41 Å². The summed E-state index contributed by atoms with van der Waals surface area (Å²) in [5, 5.41) is 6.71. The van der Waals surface area contributed by atoms with Crippen molar-refractivity contribution < 1.29 is 19.2 Å². The number of nitrogens with one attached hydrogen (secondary N) is 1. The van der Waals surface area contributed by atoms with Crippen molar-refractivity contribution >= 4 is 23.3 Å². The van der Waals surface area contributed by atoms with Crippen molar-refractivity contribution in [2.45, 2.75) is 48.0 Å². The lowest BCUT2D eigenvalue weighted by Gasteiger charge is -2.24. The Morgan fingerprint density at radius 3 is 2.28 bits per heavy atom. The van der Waals surface area contributed by atoms with Gasteiger partial charge >= 0.3 is 5.97 Å². The molecule has 1 amide bonds. The molecule has 0 heterocycles. The third-order valence-corrected chi connectivity index (χ3v) is 4.13. The predicted molar refractivity (Wildman–Crippen MR) is 98.6 cm³/mol. The number of hydrogen-bond acceptors (Lipinski definition) is 5. The second kappa shape index (κ2) is 9.20. The largest absolute Gasteiger partial charge is 0.465 e. The van der Waals surface area contributed by atoms with E-state index >= 15 is 0 Å². The molecule has 1 atom stereocenters. The standard InChI is InChI=1S/C19H28N2O4/c1-7-19(6,18(23)24-8-2)15(5)21-25-12-17(22)20-16-10-13(3)9-14(4)11-16/h9-11H,7-8,12H2,1-6H3,(H,20,22)/b21-15+. The topological polar surface area (TPSA) is 77.0 Å². The second-order valence-electron chi connectivity index (χ2n) is 6.28. The minimum absolute atomic E-state index is 0.229. The van der Waals surface area contributed by atoms with Gasteiger partial charge in [-0.2, -0.15) is 0 Å². The lowest BCUT2D eigenvalue weighted by atomic mass is 9.83. The quantitative estimate of drug-likeness (QED) is 0.442. The van der Waals surface area contributed by atoms with Crippen molar-refractivity contribution in [2.24, 2.45) is 10.6 Å². The van der Waals surface area contributed by atoms with E-state index in [4.69, 9.17) is 9.57 Å². The Labute approximate surface area is 149 Å². The summed E-state index contributed by atoms with van der Waals surface area (Å²) in [6.07, 6.45) is 0.527. The minimum atomic E-state index is -0.861. The van der Waals surface area contributed by atoms with Crippen LogP contribution in [0, 0.1) is 19.3 Å². The van der Waals surface area contributed by atoms with E-state index in [1.807, 2.05) is 39.0 Å². The predicted octanol–water partition coefficient (Wildman–Crippen LogP) is 3.61. The number of esters is 1. The maximum Gasteiger partial charge on any atom is 0.317 e. The van der Waals surface area contributed by atoms with Crippen LogP contribution in [0.2, 0.25) is 0 Å². The average Bonchev–Trinajstić information content (AvgIpc) is 2.52. The molecule has 0 spiro atoms. The Balaban J connectivity index is 2.65. The highest BCUT2D eigenvalue weighted by Gasteiger charge is 2.36. The van der Waals surface area contributed by atoms with Crippen molar-refractivity contribution in [3.63, 3.8) is 0 Å². The number of carbonyl (C=O) groups excluding carboxylic acids is 2. The Morgan fingerprint density at radius 2 is 1.76 bits per heavy atom. The monoisotopic (exact) mass is 348 g/mol. The number of rotatable bonds is 8. The van der Waals surface area contributed by atoms with Gasteiger partial charge in [0.15, 0.2) is 6.61 Å². The summed E-state index contributed by atoms with van der Waals surface area (Å²) in [5.74, 6) is -0.655. The molecule has 0 bridgehead atoms. The molecular formula is C19H28N2O4. The Hall–Kier alpha value is -2.37. The van der Waals surface area contributed by atoms with Gasteiger partial charge in [-0.3, -0.25) is 9.59 Å². The molecule has 1 N–H and O–H groups in total. The molecule has 0 aromatic heterocycles. The van der Waals surface area contributed by atoms with Gasteiger partial charge in [0.05, 0.1) is 12.3 Å². The molecule has 6 nitrogen and oxygen atoms in total. The van der Waals surface area contributed by atoms with Crippen LogP contribution in [0.4, 0.5) is 5.69 Å². The molecule has 0 radical (unpaired) electrons. The van der Waals surface area contributed by atoms with Crippen LogP contribution in [0.15, 0.2) is 23.4 Å². The fraction of sp³-hybridized carbons (Fsp3) is 0.526. The summed E-state index contributed by atoms with van der Waals surface area (Å²) in [7, 11) is 0. The van der Waals surface area contributed by atoms with Crippen molar-refractivity contribution in [3.05, 3.63) is 29.3 Å². The van der Waals surface area contributed by atoms with Crippen molar-refractivity contribution in [1.29, 1.82) is 0 Å². The number of benzene rings is 1. The Kier molecular flexibility index (Phi) is 7.61. The SMILES string of the molecule is CCOC(=O)C(C)(CC)/C(C)=N/OCC(=O)Nc1cc(C)cc(C)c1. The lowest BCUT2D eigenvalue weighted by Crippen LogP contribution is -2.36. The summed E-state index contributed by atoms with van der Waals surface area (Å²) < 4.78 is 5.09. The molecule has 0 aliphatic rings. The molecule has 138 valence electrons. The fourth-order valence-corrected chi connectivity index (χ4v) is 2.37. The van der Waals surface area contributed by atoms with Gasteiger partial charge < -0.3 is 14.9 Å². The van der Waals surface area contributed by atoms with Crippen LogP contribution in [0.3, 0.4) is 0 Å². The van der Waals surface area contributed by atoms with E-state index in [-0.39, 0.29) is 18.5 Å². The number of aryl methyl sites for hydroxylation is 2. The highest BCUT2D eigenvalue weighted by molar-refractivity contribution is 6.05. The molecule has 1 aromatic rings. The zero-order chi connectivity index (χ0) is 19.0. The van der Waals surface area contributed by atoms with Crippen LogP contribution in [0.25, 0.3) is 0 Å². The first kappa shape index (κ1) is 20.7. The lowest BCUT2D eigenvalue weighted by molar-refractivity contribution is -0.150. The van der Waals surface area contributed by atoms with Crippen LogP contribution >= 0.6 is 0 Å². The first-order chi connectivity index (χ1) is 11.7. The number of oxime groups is 1. The van der Waals surface area contributed by atoms with Crippen molar-refractivity contribution in [3.8, 4) is 0 Å². The smallest absolute Gasteiger partial charge is 0.317 e. The van der Waals surface area contributed by atoms with Crippen LogP contribution in [-0.2, 0) is 19.2 Å². The third kappa shape index (κ3) is 5.89. The summed E-state index contributed by atoms with van der Waals surface area (Å²) in [5.41, 5.74) is 2.47. The molecule has 1 aromatic carbocycles. The highest BCUT2D eigenvalue weighted by Crippen LogP contribution is 2.25. The first-order valence-corrected chi connectivity index (χ1v) is 8.45. The molecule has 25 heavy (non-hydrogen) atoms. The molecule has 0 aliphatic heterocycles. The molecule has 0 saturated heterocycles. The van der Waals surface area contributed by atoms with Gasteiger partial charge in [0.1, 0.15) is 5.41 Å². The van der Waals surface area contributed by atoms with E-state index in [9.17, 15) is 9.59 Å². The van der Waals surface area contributed by atoms with Gasteiger partial charge in [-0.15, -0.1) is 0 Å². The average molecular weight is 348 g/mol. The molecule has 0 aliphatic carbocycles. The second-order valence-corrected chi connectivity index (χ2v) is 6.28. The zero-order valence-corrected chi connectivity index (χ0v) is 15.9. The van der Waals surface area contributed by atoms with Gasteiger partial charge in [-0.05, 0) is 64.3 Å². The number of nitrogens with zero attached hydrogens (tertiary/aromatic N) is 1. The van der Waals surface area contributed by atoms with Crippen LogP contribution in [-0.4, -0.2) is 30.8 Å². The highest BCUT2D eigenvalue weighted by atomic mass is 16.6. The van der Waals surface area contributed by atoms with E-state index in [0.29, 0.717) is 18.7 Å². The van der Waals surface area contributed by atoms with Gasteiger partial charge in [0.2, 0.25) is 0 Å². The molecule has 0 fully saturated rings. The first-order valence-electron chi connectivity index (χ1n) is 8.45. The van der Waals surface area contributed by atoms with Crippen LogP contribution in [0.1, 0.15) is 45.2 Å². The van der Waals surface area contributed by atoms with E-state index in [1.165, 1.54) is 0 Å². The number of amides is 1. The number of hydrogen-bond donors (Lipinski definition) is 1. The van der Waals surface area contributed by atoms with E-state index in [2.05, 4.69) is 10.5 Å². The van der Waals surface area contributed by atoms with Crippen LogP contribution in [0.5, 0.6) is 0 Å². The summed E-state index contributed by atoms with van der Waals surface area (Å²) in [6, 6.07) is 5.80. The van der Waals surface area contributed by atoms with Gasteiger partial charge in [-0.25, -0.2) is 0 Å². The minimum Gasteiger partial charge on any atom is -0.465 e. The number of anilines is 1. The van der Waals surface area contributed by atoms with Gasteiger partial charge in [0.25, 0.3) is 5.91 Å². The fourth-order valence-electron chi connectivity index (χ4n) is 2.37. The molecule has 1 rings (SSSR count). The van der Waals surface area contributed by atoms with Crippen molar-refractivity contribution in [2.75, 3.05) is 18.5 Å². The van der Waals surface area contributed by atoms with Crippen LogP contribution < -0.4 is 5.32 Å². The summed E-state index contributed by atoms with van der Waals surface area (Å²) in [4.78, 5) is 29.2. The molecular weight excluding hydrogens is 320 g/mol. The summed E-state index contributed by atoms with van der Waals surface area (Å²) >= 11 is 0. The van der Waals surface area contributed by atoms with Crippen molar-refractivity contribution in [1.82, 2.24) is 0 Å². The molecule has 6 heteroatoms. The normalized spacial score (nSPS) is 13.8. The third-order valence-electron chi connectivity index (χ3n) is 4.13. The zero-order valence-electron chi connectivity index (χ0n) is 15.9. The Morgan fingerprint density at radius 1 is 1.16 bits per heavy atom. The van der Waals surface area contributed by atoms with E-state index in [1.54, 1.807) is 20.8 Å². The molecule has 1 unspecified atom stereocenters. The van der Waals surface area contributed by atoms with Gasteiger partial charge in [-0.1, -0.05) is 18.1 Å². The number of ether oxygens (including phenoxy) is 1. The molecule has 0 saturated carbocycles. The number of carbonyl (C=O) groups is 2. The maximum atomic E-state index is 12.1. The van der Waals surface area contributed by atoms with E-state index in [0.717, 1.165) is 16.8 Å². The Bertz CT molecular complexity index is 635. The van der Waals surface area contributed by atoms with Gasteiger partial charge in [0, 0.05) is 5.69 Å².